The van der Waals surface area contributed by atoms with E-state index in [2.05, 4.69) is 10.3 Å². The Bertz CT molecular complexity index is 1730. The van der Waals surface area contributed by atoms with Gasteiger partial charge in [0.05, 0.1) is 25.6 Å². The van der Waals surface area contributed by atoms with E-state index in [1.54, 1.807) is 31.2 Å². The fraction of sp³-hybridized carbons (Fsp3) is 0.107. The molecule has 1 fully saturated rings. The lowest BCUT2D eigenvalue weighted by atomic mass is 10.1. The lowest BCUT2D eigenvalue weighted by molar-refractivity contribution is -0.275. The molecular weight excluding hydrogens is 520 g/mol. The van der Waals surface area contributed by atoms with Gasteiger partial charge in [0.25, 0.3) is 17.4 Å². The van der Waals surface area contributed by atoms with Crippen molar-refractivity contribution in [3.05, 3.63) is 104 Å². The molecule has 12 nitrogen and oxygen atoms in total. The number of urea groups is 1. The maximum atomic E-state index is 13.0. The summed E-state index contributed by atoms with van der Waals surface area (Å²) >= 11 is 0. The smallest absolute Gasteiger partial charge is 0.335 e. The number of imide groups is 2. The number of H-pyrrole nitrogens is 1. The molecule has 3 aromatic rings. The minimum Gasteiger partial charge on any atom is -0.860 e. The number of anilines is 1. The van der Waals surface area contributed by atoms with Gasteiger partial charge >= 0.3 is 11.7 Å². The molecule has 4 rings (SSSR count). The summed E-state index contributed by atoms with van der Waals surface area (Å²) < 4.78 is 11.1. The second-order valence-electron chi connectivity index (χ2n) is 8.44. The third kappa shape index (κ3) is 5.45. The average molecular weight is 544 g/mol. The van der Waals surface area contributed by atoms with Crippen molar-refractivity contribution < 1.29 is 29.0 Å². The van der Waals surface area contributed by atoms with Crippen molar-refractivity contribution in [3.63, 3.8) is 0 Å². The number of carbonyl (C=O) groups excluding carboxylic acids is 3. The van der Waals surface area contributed by atoms with Gasteiger partial charge in [0.1, 0.15) is 17.1 Å². The zero-order valence-electron chi connectivity index (χ0n) is 21.6. The van der Waals surface area contributed by atoms with Crippen molar-refractivity contribution in [2.45, 2.75) is 6.92 Å². The number of methoxy groups -OCH3 is 2. The van der Waals surface area contributed by atoms with Gasteiger partial charge in [-0.05, 0) is 49.2 Å². The number of allylic oxidation sites excluding steroid dienone is 4. The SMILES string of the molecule is COc1cccc(N2C(=O)NC(=O)C(=CC=C(C)C=Cc3c([O-])[nH]c(=O)n(-c4cccc(OC)c4)c3=O)C2=O)c1. The highest BCUT2D eigenvalue weighted by Crippen LogP contribution is 2.25. The highest BCUT2D eigenvalue weighted by molar-refractivity contribution is 6.37. The molecule has 0 radical (unpaired) electrons. The minimum atomic E-state index is -0.908. The molecule has 0 atom stereocenters. The first kappa shape index (κ1) is 27.4. The van der Waals surface area contributed by atoms with Crippen molar-refractivity contribution in [3.8, 4) is 23.1 Å². The van der Waals surface area contributed by atoms with Gasteiger partial charge in [0.2, 0.25) is 0 Å². The summed E-state index contributed by atoms with van der Waals surface area (Å²) in [4.78, 5) is 66.2. The number of aromatic amines is 1. The molecule has 0 unspecified atom stereocenters. The summed E-state index contributed by atoms with van der Waals surface area (Å²) in [7, 11) is 2.87. The maximum Gasteiger partial charge on any atom is 0.335 e. The lowest BCUT2D eigenvalue weighted by Crippen LogP contribution is -2.54. The Morgan fingerprint density at radius 3 is 2.20 bits per heavy atom. The van der Waals surface area contributed by atoms with Crippen LogP contribution in [0.4, 0.5) is 10.5 Å². The van der Waals surface area contributed by atoms with Crippen LogP contribution in [0.2, 0.25) is 0 Å². The molecule has 1 saturated heterocycles. The van der Waals surface area contributed by atoms with Crippen LogP contribution >= 0.6 is 0 Å². The number of amides is 4. The third-order valence-corrected chi connectivity index (χ3v) is 5.85. The number of nitrogens with zero attached hydrogens (tertiary/aromatic N) is 2. The van der Waals surface area contributed by atoms with E-state index >= 15 is 0 Å². The monoisotopic (exact) mass is 543 g/mol. The molecule has 0 aliphatic carbocycles. The first-order valence-corrected chi connectivity index (χ1v) is 11.8. The number of nitrogens with one attached hydrogen (secondary N) is 2. The molecule has 40 heavy (non-hydrogen) atoms. The molecule has 204 valence electrons. The number of rotatable bonds is 7. The number of barbiturate groups is 1. The van der Waals surface area contributed by atoms with Gasteiger partial charge in [-0.2, -0.15) is 0 Å². The van der Waals surface area contributed by atoms with Gasteiger partial charge in [-0.15, -0.1) is 0 Å². The van der Waals surface area contributed by atoms with Gasteiger partial charge in [0.15, 0.2) is 0 Å². The molecule has 2 heterocycles. The summed E-state index contributed by atoms with van der Waals surface area (Å²) in [6.07, 6.45) is 5.24. The van der Waals surface area contributed by atoms with Gasteiger partial charge in [-0.3, -0.25) is 19.7 Å². The number of aromatic nitrogens is 2. The molecular formula is C28H23N4O8-. The van der Waals surface area contributed by atoms with Gasteiger partial charge in [-0.25, -0.2) is 19.1 Å². The van der Waals surface area contributed by atoms with Crippen LogP contribution in [-0.2, 0) is 9.59 Å². The van der Waals surface area contributed by atoms with Crippen molar-refractivity contribution in [1.82, 2.24) is 14.9 Å². The average Bonchev–Trinajstić information content (AvgIpc) is 2.92. The normalized spacial score (nSPS) is 15.1. The van der Waals surface area contributed by atoms with Gasteiger partial charge in [-0.1, -0.05) is 29.9 Å². The Labute approximate surface area is 227 Å². The van der Waals surface area contributed by atoms with E-state index < -0.39 is 35.0 Å². The Morgan fingerprint density at radius 1 is 0.925 bits per heavy atom. The first-order valence-electron chi connectivity index (χ1n) is 11.8. The Hall–Kier alpha value is -5.65. The van der Waals surface area contributed by atoms with Crippen molar-refractivity contribution >= 4 is 29.6 Å². The Kier molecular flexibility index (Phi) is 7.80. The maximum absolute atomic E-state index is 13.0. The highest BCUT2D eigenvalue weighted by Gasteiger charge is 2.36. The van der Waals surface area contributed by atoms with Gasteiger partial charge in [0, 0.05) is 17.7 Å². The largest absolute Gasteiger partial charge is 0.860 e. The molecule has 0 bridgehead atoms. The third-order valence-electron chi connectivity index (χ3n) is 5.85. The second-order valence-corrected chi connectivity index (χ2v) is 8.44. The molecule has 0 saturated carbocycles. The number of hydrogen-bond donors (Lipinski definition) is 2. The van der Waals surface area contributed by atoms with E-state index in [4.69, 9.17) is 9.47 Å². The zero-order chi connectivity index (χ0) is 29.0. The van der Waals surface area contributed by atoms with Crippen LogP contribution in [0.1, 0.15) is 12.5 Å². The van der Waals surface area contributed by atoms with E-state index in [0.717, 1.165) is 9.47 Å². The van der Waals surface area contributed by atoms with Crippen LogP contribution in [0, 0.1) is 0 Å². The highest BCUT2D eigenvalue weighted by atomic mass is 16.5. The molecule has 4 amide bonds. The fourth-order valence-electron chi connectivity index (χ4n) is 3.81. The van der Waals surface area contributed by atoms with Crippen LogP contribution in [0.3, 0.4) is 0 Å². The summed E-state index contributed by atoms with van der Waals surface area (Å²) in [5, 5.41) is 14.5. The molecule has 1 aliphatic heterocycles. The topological polar surface area (TPSA) is 163 Å². The molecule has 12 heteroatoms. The van der Waals surface area contributed by atoms with Crippen molar-refractivity contribution in [2.24, 2.45) is 0 Å². The van der Waals surface area contributed by atoms with Crippen LogP contribution < -0.4 is 36.0 Å². The summed E-state index contributed by atoms with van der Waals surface area (Å²) in [6, 6.07) is 11.5. The quantitative estimate of drug-likeness (QED) is 0.259. The predicted octanol–water partition coefficient (Wildman–Crippen LogP) is 1.79. The molecule has 1 aromatic heterocycles. The van der Waals surface area contributed by atoms with Crippen LogP contribution in [0.15, 0.2) is 87.5 Å². The molecule has 2 N–H and O–H groups in total. The minimum absolute atomic E-state index is 0.203. The number of hydrogen-bond acceptors (Lipinski definition) is 8. The molecule has 2 aromatic carbocycles. The molecule has 1 aliphatic rings. The molecule has 0 spiro atoms. The summed E-state index contributed by atoms with van der Waals surface area (Å²) in [5.41, 5.74) is -1.54. The zero-order valence-corrected chi connectivity index (χ0v) is 21.6. The van der Waals surface area contributed by atoms with Crippen molar-refractivity contribution in [1.29, 1.82) is 0 Å². The fourth-order valence-corrected chi connectivity index (χ4v) is 3.81. The van der Waals surface area contributed by atoms with E-state index in [9.17, 15) is 29.1 Å². The number of ether oxygens (including phenoxy) is 2. The second kappa shape index (κ2) is 11.4. The Morgan fingerprint density at radius 2 is 1.55 bits per heavy atom. The standard InChI is InChI=1S/C28H24N4O8/c1-16(10-12-21-23(33)29-27(37)31(25(21)35)17-6-4-8-19(14-17)39-2)11-13-22-24(34)30-28(38)32(26(22)36)18-7-5-9-20(15-18)40-3/h4-15,33H,1-3H3,(H,29,37)(H,30,34,38)/p-1. The van der Waals surface area contributed by atoms with E-state index in [1.165, 1.54) is 62.8 Å². The van der Waals surface area contributed by atoms with Crippen molar-refractivity contribution in [2.75, 3.05) is 19.1 Å². The number of benzene rings is 2. The predicted molar refractivity (Wildman–Crippen MR) is 144 cm³/mol. The van der Waals surface area contributed by atoms with E-state index in [1.807, 2.05) is 0 Å². The summed E-state index contributed by atoms with van der Waals surface area (Å²) in [6.45, 7) is 1.60. The summed E-state index contributed by atoms with van der Waals surface area (Å²) in [5.74, 6) is -1.80. The van der Waals surface area contributed by atoms with Crippen LogP contribution in [-0.4, -0.2) is 41.6 Å². The van der Waals surface area contributed by atoms with Gasteiger partial charge < -0.3 is 19.6 Å². The van der Waals surface area contributed by atoms with E-state index in [-0.39, 0.29) is 22.5 Å². The van der Waals surface area contributed by atoms with Crippen LogP contribution in [0.5, 0.6) is 17.4 Å². The van der Waals surface area contributed by atoms with E-state index in [0.29, 0.717) is 17.1 Å². The number of carbonyl (C=O) groups is 3. The first-order chi connectivity index (χ1) is 19.1. The van der Waals surface area contributed by atoms with Crippen LogP contribution in [0.25, 0.3) is 11.8 Å². The lowest BCUT2D eigenvalue weighted by Gasteiger charge is -2.26. The Balaban J connectivity index is 1.65.